The van der Waals surface area contributed by atoms with Gasteiger partial charge in [-0.2, -0.15) is 4.98 Å². The van der Waals surface area contributed by atoms with E-state index in [0.29, 0.717) is 11.3 Å². The van der Waals surface area contributed by atoms with E-state index in [-0.39, 0.29) is 11.9 Å². The van der Waals surface area contributed by atoms with Gasteiger partial charge in [-0.1, -0.05) is 13.8 Å². The number of nitrogens with two attached hydrogens (primary N) is 1. The lowest BCUT2D eigenvalue weighted by molar-refractivity contribution is 0.102. The van der Waals surface area contributed by atoms with Crippen molar-refractivity contribution in [3.05, 3.63) is 4.73 Å². The van der Waals surface area contributed by atoms with Gasteiger partial charge in [0.2, 0.25) is 5.95 Å². The molecule has 0 bridgehead atoms. The van der Waals surface area contributed by atoms with Crippen LogP contribution < -0.4 is 5.73 Å². The van der Waals surface area contributed by atoms with Gasteiger partial charge in [0.05, 0.1) is 12.6 Å². The fourth-order valence-corrected chi connectivity index (χ4v) is 1.25. The van der Waals surface area contributed by atoms with Gasteiger partial charge in [0.15, 0.2) is 4.73 Å². The summed E-state index contributed by atoms with van der Waals surface area (Å²) in [7, 11) is 0. The van der Waals surface area contributed by atoms with E-state index >= 15 is 0 Å². The van der Waals surface area contributed by atoms with Crippen LogP contribution in [0.25, 0.3) is 0 Å². The Bertz CT molecular complexity index is 286. The number of aromatic nitrogens is 3. The Morgan fingerprint density at radius 3 is 2.62 bits per heavy atom. The molecule has 1 aromatic rings. The topological polar surface area (TPSA) is 77.0 Å². The molecular formula is C7H13BrN4O. The summed E-state index contributed by atoms with van der Waals surface area (Å²) < 4.78 is 2.09. The minimum absolute atomic E-state index is 0.192. The summed E-state index contributed by atoms with van der Waals surface area (Å²) >= 11 is 3.19. The molecule has 1 heterocycles. The summed E-state index contributed by atoms with van der Waals surface area (Å²) in [6.07, 6.45) is -0.433. The summed E-state index contributed by atoms with van der Waals surface area (Å²) in [6, 6.07) is 0. The fraction of sp³-hybridized carbons (Fsp3) is 0.714. The van der Waals surface area contributed by atoms with Crippen molar-refractivity contribution in [3.8, 4) is 0 Å². The number of halogens is 1. The first-order valence-corrected chi connectivity index (χ1v) is 4.84. The van der Waals surface area contributed by atoms with Gasteiger partial charge < -0.3 is 10.8 Å². The molecular weight excluding hydrogens is 236 g/mol. The molecule has 0 aromatic carbocycles. The number of anilines is 1. The first-order valence-electron chi connectivity index (χ1n) is 4.04. The molecule has 5 nitrogen and oxygen atoms in total. The second-order valence-corrected chi connectivity index (χ2v) is 3.94. The monoisotopic (exact) mass is 248 g/mol. The van der Waals surface area contributed by atoms with Crippen molar-refractivity contribution in [3.63, 3.8) is 0 Å². The normalized spacial score (nSPS) is 13.6. The Labute approximate surface area is 85.1 Å². The van der Waals surface area contributed by atoms with Crippen molar-refractivity contribution >= 4 is 21.9 Å². The highest BCUT2D eigenvalue weighted by Gasteiger charge is 2.13. The van der Waals surface area contributed by atoms with E-state index in [1.165, 1.54) is 0 Å². The number of nitrogens with zero attached hydrogens (tertiary/aromatic N) is 3. The average molecular weight is 249 g/mol. The average Bonchev–Trinajstić information content (AvgIpc) is 2.30. The van der Waals surface area contributed by atoms with Crippen LogP contribution in [0.15, 0.2) is 4.73 Å². The van der Waals surface area contributed by atoms with E-state index < -0.39 is 6.10 Å². The third kappa shape index (κ3) is 2.67. The molecule has 3 N–H and O–H groups in total. The van der Waals surface area contributed by atoms with Crippen molar-refractivity contribution in [1.29, 1.82) is 0 Å². The molecule has 13 heavy (non-hydrogen) atoms. The first kappa shape index (κ1) is 10.5. The van der Waals surface area contributed by atoms with Crippen molar-refractivity contribution in [2.75, 3.05) is 5.73 Å². The highest BCUT2D eigenvalue weighted by atomic mass is 79.9. The van der Waals surface area contributed by atoms with Crippen LogP contribution in [0.5, 0.6) is 0 Å². The zero-order valence-electron chi connectivity index (χ0n) is 7.61. The molecule has 0 saturated heterocycles. The van der Waals surface area contributed by atoms with Gasteiger partial charge in [0, 0.05) is 0 Å². The van der Waals surface area contributed by atoms with Crippen LogP contribution in [0.4, 0.5) is 5.95 Å². The smallest absolute Gasteiger partial charge is 0.240 e. The lowest BCUT2D eigenvalue weighted by atomic mass is 10.1. The zero-order valence-corrected chi connectivity index (χ0v) is 9.19. The second kappa shape index (κ2) is 4.06. The Kier molecular flexibility index (Phi) is 3.27. The number of aliphatic hydroxyl groups excluding tert-OH is 1. The molecule has 1 unspecified atom stereocenters. The zero-order chi connectivity index (χ0) is 10.0. The number of nitrogen functional groups attached to an aromatic ring is 1. The summed E-state index contributed by atoms with van der Waals surface area (Å²) in [5.74, 6) is 0.403. The third-order valence-electron chi connectivity index (χ3n) is 1.77. The van der Waals surface area contributed by atoms with Gasteiger partial charge in [0.25, 0.3) is 0 Å². The lowest BCUT2D eigenvalue weighted by Crippen LogP contribution is -2.22. The molecule has 74 valence electrons. The van der Waals surface area contributed by atoms with E-state index in [1.807, 2.05) is 13.8 Å². The second-order valence-electron chi connectivity index (χ2n) is 3.23. The third-order valence-corrected chi connectivity index (χ3v) is 2.36. The SMILES string of the molecule is CC(C)C(O)Cn1nc(N)nc1Br. The standard InChI is InChI=1S/C7H13BrN4O/c1-4(2)5(13)3-12-6(8)10-7(9)11-12/h4-5,13H,3H2,1-2H3,(H2,9,11). The lowest BCUT2D eigenvalue weighted by Gasteiger charge is -2.13. The molecule has 0 radical (unpaired) electrons. The van der Waals surface area contributed by atoms with Gasteiger partial charge in [-0.3, -0.25) is 0 Å². The maximum Gasteiger partial charge on any atom is 0.240 e. The van der Waals surface area contributed by atoms with Crippen LogP contribution in [0.2, 0.25) is 0 Å². The largest absolute Gasteiger partial charge is 0.391 e. The highest BCUT2D eigenvalue weighted by molar-refractivity contribution is 9.10. The van der Waals surface area contributed by atoms with Gasteiger partial charge in [-0.15, -0.1) is 5.10 Å². The summed E-state index contributed by atoms with van der Waals surface area (Å²) in [4.78, 5) is 3.86. The molecule has 1 rings (SSSR count). The van der Waals surface area contributed by atoms with Crippen LogP contribution in [0, 0.1) is 5.92 Å². The predicted octanol–water partition coefficient (Wildman–Crippen LogP) is 0.640. The van der Waals surface area contributed by atoms with E-state index in [4.69, 9.17) is 5.73 Å². The molecule has 0 fully saturated rings. The van der Waals surface area contributed by atoms with Crippen molar-refractivity contribution in [2.45, 2.75) is 26.5 Å². The molecule has 6 heteroatoms. The van der Waals surface area contributed by atoms with Gasteiger partial charge >= 0.3 is 0 Å². The summed E-state index contributed by atoms with van der Waals surface area (Å²) in [5.41, 5.74) is 5.38. The molecule has 0 saturated carbocycles. The van der Waals surface area contributed by atoms with E-state index in [0.717, 1.165) is 0 Å². The molecule has 1 aromatic heterocycles. The first-order chi connectivity index (χ1) is 6.00. The van der Waals surface area contributed by atoms with Crippen molar-refractivity contribution in [1.82, 2.24) is 14.8 Å². The molecule has 0 aliphatic rings. The van der Waals surface area contributed by atoms with Crippen LogP contribution in [-0.2, 0) is 6.54 Å². The van der Waals surface area contributed by atoms with Crippen molar-refractivity contribution < 1.29 is 5.11 Å². The maximum absolute atomic E-state index is 9.56. The molecule has 0 amide bonds. The predicted molar refractivity (Wildman–Crippen MR) is 53.0 cm³/mol. The fourth-order valence-electron chi connectivity index (χ4n) is 0.844. The van der Waals surface area contributed by atoms with Crippen LogP contribution in [0.1, 0.15) is 13.8 Å². The summed E-state index contributed by atoms with van der Waals surface area (Å²) in [6.45, 7) is 4.29. The maximum atomic E-state index is 9.56. The van der Waals surface area contributed by atoms with Crippen LogP contribution in [-0.4, -0.2) is 26.0 Å². The molecule has 0 aliphatic carbocycles. The van der Waals surface area contributed by atoms with Gasteiger partial charge in [-0.05, 0) is 21.8 Å². The van der Waals surface area contributed by atoms with E-state index in [9.17, 15) is 5.11 Å². The number of aliphatic hydroxyl groups is 1. The van der Waals surface area contributed by atoms with Gasteiger partial charge in [0.1, 0.15) is 0 Å². The number of rotatable bonds is 3. The Morgan fingerprint density at radius 1 is 1.62 bits per heavy atom. The van der Waals surface area contributed by atoms with Crippen molar-refractivity contribution in [2.24, 2.45) is 5.92 Å². The minimum Gasteiger partial charge on any atom is -0.391 e. The van der Waals surface area contributed by atoms with E-state index in [2.05, 4.69) is 26.0 Å². The number of hydrogen-bond donors (Lipinski definition) is 2. The Morgan fingerprint density at radius 2 is 2.23 bits per heavy atom. The van der Waals surface area contributed by atoms with E-state index in [1.54, 1.807) is 4.68 Å². The molecule has 0 spiro atoms. The van der Waals surface area contributed by atoms with Crippen LogP contribution >= 0.6 is 15.9 Å². The molecule has 0 aliphatic heterocycles. The Balaban J connectivity index is 2.68. The Hall–Kier alpha value is -0.620. The van der Waals surface area contributed by atoms with Crippen LogP contribution in [0.3, 0.4) is 0 Å². The summed E-state index contributed by atoms with van der Waals surface area (Å²) in [5, 5.41) is 13.5. The highest BCUT2D eigenvalue weighted by Crippen LogP contribution is 2.11. The quantitative estimate of drug-likeness (QED) is 0.824. The molecule has 1 atom stereocenters. The minimum atomic E-state index is -0.433. The van der Waals surface area contributed by atoms with Gasteiger partial charge in [-0.25, -0.2) is 4.68 Å². The number of hydrogen-bond acceptors (Lipinski definition) is 4.